The molecular weight excluding hydrogens is 326 g/mol. The zero-order chi connectivity index (χ0) is 17.9. The van der Waals surface area contributed by atoms with Crippen LogP contribution in [-0.2, 0) is 12.8 Å². The van der Waals surface area contributed by atoms with E-state index in [1.54, 1.807) is 12.1 Å². The topological polar surface area (TPSA) is 71.1 Å². The summed E-state index contributed by atoms with van der Waals surface area (Å²) in [5, 5.41) is 0.960. The molecule has 0 unspecified atom stereocenters. The van der Waals surface area contributed by atoms with Crippen LogP contribution >= 0.6 is 0 Å². The van der Waals surface area contributed by atoms with E-state index < -0.39 is 5.91 Å². The zero-order valence-electron chi connectivity index (χ0n) is 14.3. The number of aromatic nitrogens is 1. The number of hydrogen-bond donors (Lipinski definition) is 2. The number of pyridine rings is 1. The molecule has 1 aromatic heterocycles. The molecular formula is C21H19N3O2. The molecule has 3 aromatic rings. The van der Waals surface area contributed by atoms with Gasteiger partial charge in [-0.05, 0) is 61.1 Å². The Morgan fingerprint density at radius 1 is 0.808 bits per heavy atom. The van der Waals surface area contributed by atoms with Gasteiger partial charge in [-0.15, -0.1) is 0 Å². The number of carbonyl (C=O) groups is 2. The van der Waals surface area contributed by atoms with Crippen molar-refractivity contribution in [2.24, 2.45) is 0 Å². The number of aryl methyl sites for hydroxylation is 2. The predicted molar refractivity (Wildman–Crippen MR) is 99.8 cm³/mol. The minimum absolute atomic E-state index is 0.259. The lowest BCUT2D eigenvalue weighted by atomic mass is 9.90. The average Bonchev–Trinajstić information content (AvgIpc) is 2.71. The molecule has 2 aromatic carbocycles. The summed E-state index contributed by atoms with van der Waals surface area (Å²) in [5.41, 5.74) is 9.01. The minimum atomic E-state index is -0.443. The molecule has 0 spiro atoms. The van der Waals surface area contributed by atoms with Crippen molar-refractivity contribution in [3.05, 3.63) is 77.0 Å². The van der Waals surface area contributed by atoms with Gasteiger partial charge in [-0.3, -0.25) is 20.4 Å². The molecule has 0 atom stereocenters. The van der Waals surface area contributed by atoms with Crippen LogP contribution in [0.3, 0.4) is 0 Å². The molecule has 0 bridgehead atoms. The van der Waals surface area contributed by atoms with Crippen LogP contribution in [0.2, 0.25) is 0 Å². The molecule has 4 rings (SSSR count). The number of rotatable bonds is 2. The fraction of sp³-hybridized carbons (Fsp3) is 0.190. The predicted octanol–water partition coefficient (Wildman–Crippen LogP) is 3.19. The number of para-hydroxylation sites is 1. The molecule has 0 aliphatic heterocycles. The van der Waals surface area contributed by atoms with Gasteiger partial charge in [0, 0.05) is 10.9 Å². The fourth-order valence-electron chi connectivity index (χ4n) is 3.32. The van der Waals surface area contributed by atoms with Crippen molar-refractivity contribution < 1.29 is 9.59 Å². The van der Waals surface area contributed by atoms with Crippen LogP contribution in [0, 0.1) is 0 Å². The molecule has 130 valence electrons. The van der Waals surface area contributed by atoms with E-state index in [-0.39, 0.29) is 11.6 Å². The molecule has 5 nitrogen and oxygen atoms in total. The quantitative estimate of drug-likeness (QED) is 0.701. The first kappa shape index (κ1) is 16.3. The monoisotopic (exact) mass is 345 g/mol. The number of fused-ring (bicyclic) bond motifs is 2. The second kappa shape index (κ2) is 6.96. The summed E-state index contributed by atoms with van der Waals surface area (Å²) in [6.07, 6.45) is 4.43. The first-order valence-corrected chi connectivity index (χ1v) is 8.79. The number of nitrogens with zero attached hydrogens (tertiary/aromatic N) is 1. The average molecular weight is 345 g/mol. The van der Waals surface area contributed by atoms with Crippen molar-refractivity contribution in [2.45, 2.75) is 25.7 Å². The van der Waals surface area contributed by atoms with Gasteiger partial charge in [0.05, 0.1) is 5.52 Å². The van der Waals surface area contributed by atoms with E-state index in [9.17, 15) is 9.59 Å². The molecule has 1 heterocycles. The number of nitrogens with one attached hydrogen (secondary N) is 2. The fourth-order valence-corrected chi connectivity index (χ4v) is 3.32. The molecule has 5 heteroatoms. The smallest absolute Gasteiger partial charge is 0.267 e. The van der Waals surface area contributed by atoms with Gasteiger partial charge in [-0.2, -0.15) is 0 Å². The number of amides is 2. The molecule has 0 saturated heterocycles. The van der Waals surface area contributed by atoms with Gasteiger partial charge in [0.25, 0.3) is 11.8 Å². The van der Waals surface area contributed by atoms with Gasteiger partial charge in [-0.1, -0.05) is 30.3 Å². The van der Waals surface area contributed by atoms with Crippen LogP contribution in [0.4, 0.5) is 0 Å². The van der Waals surface area contributed by atoms with Gasteiger partial charge < -0.3 is 0 Å². The Labute approximate surface area is 151 Å². The van der Waals surface area contributed by atoms with E-state index in [1.807, 2.05) is 42.5 Å². The Morgan fingerprint density at radius 3 is 2.46 bits per heavy atom. The minimum Gasteiger partial charge on any atom is -0.267 e. The molecule has 2 N–H and O–H groups in total. The molecule has 2 amide bonds. The lowest BCUT2D eigenvalue weighted by Crippen LogP contribution is -2.42. The van der Waals surface area contributed by atoms with Crippen LogP contribution in [0.25, 0.3) is 10.9 Å². The molecule has 1 aliphatic carbocycles. The van der Waals surface area contributed by atoms with Crippen LogP contribution in [0.5, 0.6) is 0 Å². The van der Waals surface area contributed by atoms with Gasteiger partial charge in [0.1, 0.15) is 5.69 Å². The SMILES string of the molecule is O=C(NNC(=O)c1ccc2ccccc2n1)c1ccc2c(c1)CCCC2. The Bertz CT molecular complexity index is 997. The number of hydrogen-bond acceptors (Lipinski definition) is 3. The summed E-state index contributed by atoms with van der Waals surface area (Å²) in [4.78, 5) is 28.9. The first-order chi connectivity index (χ1) is 12.7. The highest BCUT2D eigenvalue weighted by Crippen LogP contribution is 2.22. The molecule has 1 aliphatic rings. The van der Waals surface area contributed by atoms with Gasteiger partial charge >= 0.3 is 0 Å². The zero-order valence-corrected chi connectivity index (χ0v) is 14.3. The largest absolute Gasteiger partial charge is 0.288 e. The third-order valence-electron chi connectivity index (χ3n) is 4.73. The standard InChI is InChI=1S/C21H19N3O2/c25-20(17-10-9-14-5-1-2-7-16(14)13-17)23-24-21(26)19-12-11-15-6-3-4-8-18(15)22-19/h3-4,6,8-13H,1-2,5,7H2,(H,23,25)(H,24,26). The summed E-state index contributed by atoms with van der Waals surface area (Å²) in [6.45, 7) is 0. The van der Waals surface area contributed by atoms with Crippen LogP contribution in [-0.4, -0.2) is 16.8 Å². The first-order valence-electron chi connectivity index (χ1n) is 8.79. The van der Waals surface area contributed by atoms with E-state index >= 15 is 0 Å². The van der Waals surface area contributed by atoms with Crippen molar-refractivity contribution in [1.29, 1.82) is 0 Å². The molecule has 0 fully saturated rings. The summed E-state index contributed by atoms with van der Waals surface area (Å²) in [6, 6.07) is 16.8. The maximum absolute atomic E-state index is 12.3. The van der Waals surface area contributed by atoms with Crippen LogP contribution in [0.1, 0.15) is 44.8 Å². The Kier molecular flexibility index (Phi) is 4.35. The van der Waals surface area contributed by atoms with Crippen molar-refractivity contribution in [2.75, 3.05) is 0 Å². The van der Waals surface area contributed by atoms with Crippen molar-refractivity contribution in [3.63, 3.8) is 0 Å². The van der Waals surface area contributed by atoms with Crippen LogP contribution < -0.4 is 10.9 Å². The normalized spacial score (nSPS) is 13.1. The van der Waals surface area contributed by atoms with Crippen LogP contribution in [0.15, 0.2) is 54.6 Å². The Hall–Kier alpha value is -3.21. The van der Waals surface area contributed by atoms with E-state index in [2.05, 4.69) is 15.8 Å². The van der Waals surface area contributed by atoms with E-state index in [0.717, 1.165) is 30.2 Å². The third-order valence-corrected chi connectivity index (χ3v) is 4.73. The molecule has 0 radical (unpaired) electrons. The van der Waals surface area contributed by atoms with Crippen molar-refractivity contribution >= 4 is 22.7 Å². The second-order valence-electron chi connectivity index (χ2n) is 6.49. The van der Waals surface area contributed by atoms with E-state index in [1.165, 1.54) is 17.5 Å². The summed E-state index contributed by atoms with van der Waals surface area (Å²) in [7, 11) is 0. The van der Waals surface area contributed by atoms with Crippen molar-refractivity contribution in [1.82, 2.24) is 15.8 Å². The van der Waals surface area contributed by atoms with Gasteiger partial charge in [0.2, 0.25) is 0 Å². The lowest BCUT2D eigenvalue weighted by Gasteiger charge is -2.16. The Balaban J connectivity index is 1.44. The second-order valence-corrected chi connectivity index (χ2v) is 6.49. The van der Waals surface area contributed by atoms with E-state index in [4.69, 9.17) is 0 Å². The maximum atomic E-state index is 12.3. The molecule has 26 heavy (non-hydrogen) atoms. The maximum Gasteiger partial charge on any atom is 0.288 e. The number of carbonyl (C=O) groups excluding carboxylic acids is 2. The molecule has 0 saturated carbocycles. The van der Waals surface area contributed by atoms with Gasteiger partial charge in [0.15, 0.2) is 0 Å². The number of benzene rings is 2. The van der Waals surface area contributed by atoms with Crippen molar-refractivity contribution in [3.8, 4) is 0 Å². The highest BCUT2D eigenvalue weighted by atomic mass is 16.2. The summed E-state index contributed by atoms with van der Waals surface area (Å²) >= 11 is 0. The number of hydrazine groups is 1. The lowest BCUT2D eigenvalue weighted by molar-refractivity contribution is 0.0844. The summed E-state index contributed by atoms with van der Waals surface area (Å²) < 4.78 is 0. The highest BCUT2D eigenvalue weighted by molar-refractivity contribution is 5.99. The van der Waals surface area contributed by atoms with Gasteiger partial charge in [-0.25, -0.2) is 4.98 Å². The third kappa shape index (κ3) is 3.28. The highest BCUT2D eigenvalue weighted by Gasteiger charge is 2.14. The summed E-state index contributed by atoms with van der Waals surface area (Å²) in [5.74, 6) is -0.769. The van der Waals surface area contributed by atoms with E-state index in [0.29, 0.717) is 5.56 Å². The Morgan fingerprint density at radius 2 is 1.58 bits per heavy atom.